The zero-order valence-electron chi connectivity index (χ0n) is 14.1. The fourth-order valence-electron chi connectivity index (χ4n) is 3.77. The predicted molar refractivity (Wildman–Crippen MR) is 91.8 cm³/mol. The van der Waals surface area contributed by atoms with Crippen molar-refractivity contribution in [2.75, 3.05) is 12.0 Å². The molecule has 1 aliphatic rings. The van der Waals surface area contributed by atoms with Crippen LogP contribution < -0.4 is 4.90 Å². The molecule has 0 radical (unpaired) electrons. The van der Waals surface area contributed by atoms with Crippen LogP contribution in [0.3, 0.4) is 0 Å². The molecule has 1 aliphatic heterocycles. The quantitative estimate of drug-likeness (QED) is 0.747. The summed E-state index contributed by atoms with van der Waals surface area (Å²) in [5, 5.41) is 0.746. The SMILES string of the molecule is CCCC(C(=O)OC)N1c2ccc(Cl)cc2C(C)CC1(C)C. The van der Waals surface area contributed by atoms with Gasteiger partial charge in [-0.05, 0) is 56.4 Å². The first-order valence-corrected chi connectivity index (χ1v) is 8.36. The lowest BCUT2D eigenvalue weighted by Crippen LogP contribution is -2.56. The second kappa shape index (κ2) is 6.49. The number of hydrogen-bond acceptors (Lipinski definition) is 3. The molecule has 0 saturated carbocycles. The highest BCUT2D eigenvalue weighted by Gasteiger charge is 2.42. The minimum absolute atomic E-state index is 0.103. The van der Waals surface area contributed by atoms with E-state index in [-0.39, 0.29) is 17.6 Å². The summed E-state index contributed by atoms with van der Waals surface area (Å²) in [4.78, 5) is 14.6. The average molecular weight is 324 g/mol. The van der Waals surface area contributed by atoms with E-state index >= 15 is 0 Å². The number of carbonyl (C=O) groups is 1. The van der Waals surface area contributed by atoms with Crippen LogP contribution in [-0.4, -0.2) is 24.7 Å². The van der Waals surface area contributed by atoms with Crippen molar-refractivity contribution in [1.29, 1.82) is 0 Å². The Morgan fingerprint density at radius 2 is 2.18 bits per heavy atom. The van der Waals surface area contributed by atoms with Gasteiger partial charge in [0, 0.05) is 16.2 Å². The minimum Gasteiger partial charge on any atom is -0.467 e. The number of anilines is 1. The van der Waals surface area contributed by atoms with E-state index in [1.807, 2.05) is 18.2 Å². The van der Waals surface area contributed by atoms with Gasteiger partial charge in [-0.15, -0.1) is 0 Å². The number of fused-ring (bicyclic) bond motifs is 1. The van der Waals surface area contributed by atoms with Gasteiger partial charge in [0.1, 0.15) is 6.04 Å². The molecule has 0 fully saturated rings. The molecule has 1 aromatic rings. The van der Waals surface area contributed by atoms with E-state index in [0.29, 0.717) is 5.92 Å². The molecule has 2 rings (SSSR count). The fraction of sp³-hybridized carbons (Fsp3) is 0.611. The van der Waals surface area contributed by atoms with Gasteiger partial charge < -0.3 is 9.64 Å². The molecule has 22 heavy (non-hydrogen) atoms. The average Bonchev–Trinajstić information content (AvgIpc) is 2.45. The van der Waals surface area contributed by atoms with Crippen LogP contribution in [0.1, 0.15) is 58.4 Å². The summed E-state index contributed by atoms with van der Waals surface area (Å²) in [7, 11) is 1.47. The standard InChI is InChI=1S/C18H26ClNO2/c1-6-7-16(17(21)22-5)20-15-9-8-13(19)10-14(15)12(2)11-18(20,3)4/h8-10,12,16H,6-7,11H2,1-5H3. The lowest BCUT2D eigenvalue weighted by Gasteiger charge is -2.50. The van der Waals surface area contributed by atoms with E-state index < -0.39 is 0 Å². The second-order valence-electron chi connectivity index (χ2n) is 6.82. The van der Waals surface area contributed by atoms with E-state index in [9.17, 15) is 4.79 Å². The zero-order chi connectivity index (χ0) is 16.5. The van der Waals surface area contributed by atoms with Crippen LogP contribution in [0.25, 0.3) is 0 Å². The molecule has 1 heterocycles. The highest BCUT2D eigenvalue weighted by atomic mass is 35.5. The summed E-state index contributed by atoms with van der Waals surface area (Å²) in [6, 6.07) is 5.73. The van der Waals surface area contributed by atoms with E-state index in [4.69, 9.17) is 16.3 Å². The van der Waals surface area contributed by atoms with E-state index in [2.05, 4.69) is 32.6 Å². The van der Waals surface area contributed by atoms with Crippen LogP contribution >= 0.6 is 11.6 Å². The first-order valence-electron chi connectivity index (χ1n) is 7.98. The van der Waals surface area contributed by atoms with Crippen molar-refractivity contribution >= 4 is 23.3 Å². The van der Waals surface area contributed by atoms with Gasteiger partial charge in [-0.3, -0.25) is 0 Å². The van der Waals surface area contributed by atoms with Crippen molar-refractivity contribution in [2.24, 2.45) is 0 Å². The van der Waals surface area contributed by atoms with Crippen molar-refractivity contribution in [3.63, 3.8) is 0 Å². The Labute approximate surface area is 138 Å². The normalized spacial score (nSPS) is 21.2. The summed E-state index contributed by atoms with van der Waals surface area (Å²) in [6.45, 7) is 8.72. The van der Waals surface area contributed by atoms with Gasteiger partial charge >= 0.3 is 5.97 Å². The Hall–Kier alpha value is -1.22. The molecule has 0 amide bonds. The van der Waals surface area contributed by atoms with Crippen LogP contribution in [0, 0.1) is 0 Å². The molecule has 0 N–H and O–H groups in total. The number of methoxy groups -OCH3 is 1. The number of hydrogen-bond donors (Lipinski definition) is 0. The summed E-state index contributed by atoms with van der Waals surface area (Å²) in [5.74, 6) is 0.255. The third-order valence-electron chi connectivity index (χ3n) is 4.58. The third kappa shape index (κ3) is 3.10. The van der Waals surface area contributed by atoms with Gasteiger partial charge in [0.05, 0.1) is 7.11 Å². The maximum atomic E-state index is 12.4. The van der Waals surface area contributed by atoms with Gasteiger partial charge in [-0.1, -0.05) is 31.9 Å². The molecular formula is C18H26ClNO2. The first kappa shape index (κ1) is 17.1. The van der Waals surface area contributed by atoms with Crippen molar-refractivity contribution in [3.05, 3.63) is 28.8 Å². The molecule has 0 bridgehead atoms. The van der Waals surface area contributed by atoms with Crippen molar-refractivity contribution in [1.82, 2.24) is 0 Å². The molecule has 3 nitrogen and oxygen atoms in total. The number of esters is 1. The second-order valence-corrected chi connectivity index (χ2v) is 7.25. The lowest BCUT2D eigenvalue weighted by molar-refractivity contribution is -0.142. The van der Waals surface area contributed by atoms with Crippen LogP contribution in [0.2, 0.25) is 5.02 Å². The van der Waals surface area contributed by atoms with Crippen LogP contribution in [-0.2, 0) is 9.53 Å². The molecule has 0 aromatic heterocycles. The minimum atomic E-state index is -0.252. The number of halogens is 1. The van der Waals surface area contributed by atoms with Gasteiger partial charge in [-0.25, -0.2) is 4.79 Å². The van der Waals surface area contributed by atoms with Crippen LogP contribution in [0.5, 0.6) is 0 Å². The van der Waals surface area contributed by atoms with Gasteiger partial charge in [0.15, 0.2) is 0 Å². The highest BCUT2D eigenvalue weighted by molar-refractivity contribution is 6.30. The molecule has 0 saturated heterocycles. The van der Waals surface area contributed by atoms with Gasteiger partial charge in [-0.2, -0.15) is 0 Å². The summed E-state index contributed by atoms with van der Waals surface area (Å²) in [6.07, 6.45) is 2.70. The predicted octanol–water partition coefficient (Wildman–Crippen LogP) is 4.77. The smallest absolute Gasteiger partial charge is 0.328 e. The third-order valence-corrected chi connectivity index (χ3v) is 4.82. The van der Waals surface area contributed by atoms with Crippen molar-refractivity contribution in [2.45, 2.75) is 64.5 Å². The maximum absolute atomic E-state index is 12.4. The maximum Gasteiger partial charge on any atom is 0.328 e. The Morgan fingerprint density at radius 1 is 1.50 bits per heavy atom. The molecule has 122 valence electrons. The summed E-state index contributed by atoms with van der Waals surface area (Å²) >= 11 is 6.18. The summed E-state index contributed by atoms with van der Waals surface area (Å²) < 4.78 is 5.07. The van der Waals surface area contributed by atoms with Gasteiger partial charge in [0.2, 0.25) is 0 Å². The zero-order valence-corrected chi connectivity index (χ0v) is 14.9. The Kier molecular flexibility index (Phi) is 5.06. The molecule has 1 aromatic carbocycles. The topological polar surface area (TPSA) is 29.5 Å². The number of ether oxygens (including phenoxy) is 1. The lowest BCUT2D eigenvalue weighted by atomic mass is 9.78. The van der Waals surface area contributed by atoms with E-state index in [1.54, 1.807) is 0 Å². The molecule has 4 heteroatoms. The van der Waals surface area contributed by atoms with Gasteiger partial charge in [0.25, 0.3) is 0 Å². The number of carbonyl (C=O) groups excluding carboxylic acids is 1. The Morgan fingerprint density at radius 3 is 2.77 bits per heavy atom. The van der Waals surface area contributed by atoms with Crippen LogP contribution in [0.4, 0.5) is 5.69 Å². The number of rotatable bonds is 4. The van der Waals surface area contributed by atoms with E-state index in [0.717, 1.165) is 30.0 Å². The molecule has 0 spiro atoms. The van der Waals surface area contributed by atoms with Crippen molar-refractivity contribution in [3.8, 4) is 0 Å². The fourth-order valence-corrected chi connectivity index (χ4v) is 3.96. The molecule has 2 unspecified atom stereocenters. The molecular weight excluding hydrogens is 298 g/mol. The highest BCUT2D eigenvalue weighted by Crippen LogP contribution is 2.45. The Balaban J connectivity index is 2.56. The Bertz CT molecular complexity index is 556. The van der Waals surface area contributed by atoms with Crippen LogP contribution in [0.15, 0.2) is 18.2 Å². The number of nitrogens with zero attached hydrogens (tertiary/aromatic N) is 1. The molecule has 2 atom stereocenters. The van der Waals surface area contributed by atoms with E-state index in [1.165, 1.54) is 12.7 Å². The summed E-state index contributed by atoms with van der Waals surface area (Å²) in [5.41, 5.74) is 2.22. The largest absolute Gasteiger partial charge is 0.467 e. The van der Waals surface area contributed by atoms with Crippen molar-refractivity contribution < 1.29 is 9.53 Å². The first-order chi connectivity index (χ1) is 10.3. The number of benzene rings is 1. The monoisotopic (exact) mass is 323 g/mol. The molecule has 0 aliphatic carbocycles.